The number of nitrogens with one attached hydrogen (secondary N) is 1. The number of halogens is 1. The number of nitrogens with two attached hydrogens (primary N) is 1. The van der Waals surface area contributed by atoms with Gasteiger partial charge in [0.25, 0.3) is 5.91 Å². The maximum Gasteiger partial charge on any atom is 0.257 e. The normalized spacial score (nSPS) is 11.9. The molecule has 5 heteroatoms. The smallest absolute Gasteiger partial charge is 0.257 e. The second-order valence-electron chi connectivity index (χ2n) is 4.45. The first-order valence-electron chi connectivity index (χ1n) is 6.12. The molecule has 2 aromatic rings. The molecule has 1 atom stereocenters. The van der Waals surface area contributed by atoms with Crippen molar-refractivity contribution in [1.82, 2.24) is 0 Å². The van der Waals surface area contributed by atoms with Crippen molar-refractivity contribution in [3.63, 3.8) is 0 Å². The number of para-hydroxylation sites is 1. The van der Waals surface area contributed by atoms with Crippen LogP contribution in [0.5, 0.6) is 0 Å². The largest absolute Gasteiger partial charge is 0.398 e. The molecule has 0 bridgehead atoms. The lowest BCUT2D eigenvalue weighted by atomic mass is 10.1. The lowest BCUT2D eigenvalue weighted by Gasteiger charge is -2.13. The summed E-state index contributed by atoms with van der Waals surface area (Å²) in [6.07, 6.45) is -0.661. The maximum atomic E-state index is 12.3. The van der Waals surface area contributed by atoms with Gasteiger partial charge in [-0.15, -0.1) is 0 Å². The molecule has 1 amide bonds. The predicted octanol–water partition coefficient (Wildman–Crippen LogP) is 3.34. The fraction of sp³-hybridized carbons (Fsp3) is 0.133. The Morgan fingerprint density at radius 2 is 2.00 bits per heavy atom. The summed E-state index contributed by atoms with van der Waals surface area (Å²) in [5.74, 6) is -0.308. The molecule has 2 aromatic carbocycles. The molecule has 0 saturated carbocycles. The Bertz CT molecular complexity index is 642. The Morgan fingerprint density at radius 3 is 2.70 bits per heavy atom. The topological polar surface area (TPSA) is 75.3 Å². The molecular formula is C15H15BrN2O2. The van der Waals surface area contributed by atoms with Crippen LogP contribution in [0.1, 0.15) is 28.9 Å². The summed E-state index contributed by atoms with van der Waals surface area (Å²) in [7, 11) is 0. The number of carbonyl (C=O) groups is 1. The third-order valence-corrected chi connectivity index (χ3v) is 3.41. The van der Waals surface area contributed by atoms with Gasteiger partial charge in [-0.1, -0.05) is 34.1 Å². The second kappa shape index (κ2) is 6.07. The second-order valence-corrected chi connectivity index (χ2v) is 5.36. The fourth-order valence-corrected chi connectivity index (χ4v) is 2.25. The minimum atomic E-state index is -0.661. The number of amides is 1. The Balaban J connectivity index is 2.31. The molecular weight excluding hydrogens is 320 g/mol. The maximum absolute atomic E-state index is 12.3. The summed E-state index contributed by atoms with van der Waals surface area (Å²) < 4.78 is 0.778. The molecule has 0 heterocycles. The van der Waals surface area contributed by atoms with Gasteiger partial charge in [0.15, 0.2) is 0 Å². The summed E-state index contributed by atoms with van der Waals surface area (Å²) in [4.78, 5) is 12.3. The van der Waals surface area contributed by atoms with Gasteiger partial charge in [-0.3, -0.25) is 4.79 Å². The van der Waals surface area contributed by atoms with E-state index in [9.17, 15) is 9.90 Å². The Kier molecular flexibility index (Phi) is 4.42. The van der Waals surface area contributed by atoms with Crippen molar-refractivity contribution < 1.29 is 9.90 Å². The fourth-order valence-electron chi connectivity index (χ4n) is 1.89. The van der Waals surface area contributed by atoms with Crippen LogP contribution in [0.25, 0.3) is 0 Å². The first-order chi connectivity index (χ1) is 9.49. The van der Waals surface area contributed by atoms with E-state index in [0.717, 1.165) is 4.47 Å². The monoisotopic (exact) mass is 334 g/mol. The molecule has 4 N–H and O–H groups in total. The van der Waals surface area contributed by atoms with Crippen molar-refractivity contribution in [1.29, 1.82) is 0 Å². The summed E-state index contributed by atoms with van der Waals surface area (Å²) in [5.41, 5.74) is 7.84. The van der Waals surface area contributed by atoms with E-state index in [1.54, 1.807) is 43.3 Å². The molecule has 2 rings (SSSR count). The average Bonchev–Trinajstić information content (AvgIpc) is 2.41. The molecule has 0 aliphatic carbocycles. The summed E-state index contributed by atoms with van der Waals surface area (Å²) >= 11 is 3.31. The van der Waals surface area contributed by atoms with Crippen molar-refractivity contribution >= 4 is 33.2 Å². The van der Waals surface area contributed by atoms with Crippen LogP contribution in [0.2, 0.25) is 0 Å². The molecule has 0 spiro atoms. The molecule has 4 nitrogen and oxygen atoms in total. The van der Waals surface area contributed by atoms with Crippen LogP contribution in [0.15, 0.2) is 46.9 Å². The highest BCUT2D eigenvalue weighted by Gasteiger charge is 2.14. The summed E-state index contributed by atoms with van der Waals surface area (Å²) in [6, 6.07) is 12.2. The van der Waals surface area contributed by atoms with Crippen molar-refractivity contribution in [2.24, 2.45) is 0 Å². The summed E-state index contributed by atoms with van der Waals surface area (Å²) in [5, 5.41) is 12.5. The van der Waals surface area contributed by atoms with E-state index in [4.69, 9.17) is 5.73 Å². The van der Waals surface area contributed by atoms with Gasteiger partial charge in [-0.25, -0.2) is 0 Å². The number of anilines is 2. The van der Waals surface area contributed by atoms with Gasteiger partial charge in [0.1, 0.15) is 0 Å². The molecule has 0 aliphatic heterocycles. The number of benzene rings is 2. The molecule has 0 radical (unpaired) electrons. The van der Waals surface area contributed by atoms with Crippen LogP contribution in [0, 0.1) is 0 Å². The zero-order chi connectivity index (χ0) is 14.7. The van der Waals surface area contributed by atoms with Gasteiger partial charge in [0, 0.05) is 21.4 Å². The third-order valence-electron chi connectivity index (χ3n) is 2.92. The van der Waals surface area contributed by atoms with Crippen LogP contribution in [0.3, 0.4) is 0 Å². The molecule has 104 valence electrons. The van der Waals surface area contributed by atoms with Crippen LogP contribution in [-0.4, -0.2) is 11.0 Å². The Labute approximate surface area is 125 Å². The standard InChI is InChI=1S/C15H15BrN2O2/c1-9(19)11-4-2-3-5-14(11)18-15(20)12-8-10(16)6-7-13(12)17/h2-9,19H,17H2,1H3,(H,18,20). The Hall–Kier alpha value is -1.85. The van der Waals surface area contributed by atoms with E-state index in [2.05, 4.69) is 21.2 Å². The van der Waals surface area contributed by atoms with Gasteiger partial charge in [0.2, 0.25) is 0 Å². The van der Waals surface area contributed by atoms with E-state index in [-0.39, 0.29) is 5.91 Å². The number of aliphatic hydroxyl groups excluding tert-OH is 1. The number of hydrogen-bond acceptors (Lipinski definition) is 3. The quantitative estimate of drug-likeness (QED) is 0.753. The summed E-state index contributed by atoms with van der Waals surface area (Å²) in [6.45, 7) is 1.65. The number of rotatable bonds is 3. The van der Waals surface area contributed by atoms with Gasteiger partial charge in [0.05, 0.1) is 11.7 Å². The highest BCUT2D eigenvalue weighted by atomic mass is 79.9. The number of carbonyl (C=O) groups excluding carboxylic acids is 1. The van der Waals surface area contributed by atoms with Crippen LogP contribution in [-0.2, 0) is 0 Å². The van der Waals surface area contributed by atoms with Crippen molar-refractivity contribution in [2.75, 3.05) is 11.1 Å². The third kappa shape index (κ3) is 3.18. The van der Waals surface area contributed by atoms with Gasteiger partial charge in [-0.2, -0.15) is 0 Å². The molecule has 20 heavy (non-hydrogen) atoms. The number of nitrogen functional groups attached to an aromatic ring is 1. The minimum absolute atomic E-state index is 0.308. The lowest BCUT2D eigenvalue weighted by molar-refractivity contribution is 0.102. The number of hydrogen-bond donors (Lipinski definition) is 3. The first kappa shape index (κ1) is 14.6. The minimum Gasteiger partial charge on any atom is -0.398 e. The average molecular weight is 335 g/mol. The molecule has 1 unspecified atom stereocenters. The Morgan fingerprint density at radius 1 is 1.30 bits per heavy atom. The van der Waals surface area contributed by atoms with Gasteiger partial charge >= 0.3 is 0 Å². The zero-order valence-electron chi connectivity index (χ0n) is 10.9. The molecule has 0 aromatic heterocycles. The molecule has 0 fully saturated rings. The highest BCUT2D eigenvalue weighted by molar-refractivity contribution is 9.10. The predicted molar refractivity (Wildman–Crippen MR) is 83.6 cm³/mol. The van der Waals surface area contributed by atoms with Crippen molar-refractivity contribution in [2.45, 2.75) is 13.0 Å². The molecule has 0 saturated heterocycles. The van der Waals surface area contributed by atoms with Crippen LogP contribution >= 0.6 is 15.9 Å². The SMILES string of the molecule is CC(O)c1ccccc1NC(=O)c1cc(Br)ccc1N. The lowest BCUT2D eigenvalue weighted by Crippen LogP contribution is -2.15. The van der Waals surface area contributed by atoms with Crippen molar-refractivity contribution in [3.05, 3.63) is 58.1 Å². The van der Waals surface area contributed by atoms with E-state index in [1.165, 1.54) is 0 Å². The first-order valence-corrected chi connectivity index (χ1v) is 6.91. The van der Waals surface area contributed by atoms with E-state index in [0.29, 0.717) is 22.5 Å². The van der Waals surface area contributed by atoms with Gasteiger partial charge in [-0.05, 0) is 31.2 Å². The number of aliphatic hydroxyl groups is 1. The van der Waals surface area contributed by atoms with E-state index >= 15 is 0 Å². The van der Waals surface area contributed by atoms with E-state index < -0.39 is 6.10 Å². The highest BCUT2D eigenvalue weighted by Crippen LogP contribution is 2.24. The zero-order valence-corrected chi connectivity index (χ0v) is 12.5. The van der Waals surface area contributed by atoms with Crippen LogP contribution in [0.4, 0.5) is 11.4 Å². The van der Waals surface area contributed by atoms with E-state index in [1.807, 2.05) is 6.07 Å². The van der Waals surface area contributed by atoms with Crippen LogP contribution < -0.4 is 11.1 Å². The van der Waals surface area contributed by atoms with Crippen molar-refractivity contribution in [3.8, 4) is 0 Å². The van der Waals surface area contributed by atoms with Gasteiger partial charge < -0.3 is 16.2 Å². The molecule has 0 aliphatic rings.